The molecule has 1 N–H and O–H groups in total. The largest absolute Gasteiger partial charge is 0.338 e. The summed E-state index contributed by atoms with van der Waals surface area (Å²) in [6.07, 6.45) is 4.92. The molecule has 4 rings (SSSR count). The molecule has 1 saturated heterocycles. The Morgan fingerprint density at radius 2 is 2.15 bits per heavy atom. The predicted octanol–water partition coefficient (Wildman–Crippen LogP) is 2.96. The Balaban J connectivity index is 1.67. The number of nitrogens with zero attached hydrogens (tertiary/aromatic N) is 5. The van der Waals surface area contributed by atoms with Crippen LogP contribution in [0.15, 0.2) is 12.3 Å². The van der Waals surface area contributed by atoms with Gasteiger partial charge in [-0.05, 0) is 51.7 Å². The molecule has 0 bridgehead atoms. The zero-order chi connectivity index (χ0) is 19.1. The number of aromatic amines is 1. The maximum atomic E-state index is 13.4. The highest BCUT2D eigenvalue weighted by Gasteiger charge is 2.30. The number of amides is 1. The second-order valence-corrected chi connectivity index (χ2v) is 7.49. The molecule has 4 heterocycles. The lowest BCUT2D eigenvalue weighted by Gasteiger charge is -2.32. The highest BCUT2D eigenvalue weighted by atomic mass is 16.2. The summed E-state index contributed by atoms with van der Waals surface area (Å²) >= 11 is 0. The van der Waals surface area contributed by atoms with Crippen molar-refractivity contribution in [2.24, 2.45) is 0 Å². The first kappa shape index (κ1) is 17.7. The third-order valence-corrected chi connectivity index (χ3v) is 5.53. The number of carbonyl (C=O) groups excluding carboxylic acids is 1. The van der Waals surface area contributed by atoms with Gasteiger partial charge in [0, 0.05) is 36.1 Å². The molecular weight excluding hydrogens is 340 g/mol. The Bertz CT molecular complexity index is 1000. The lowest BCUT2D eigenvalue weighted by Crippen LogP contribution is -2.39. The van der Waals surface area contributed by atoms with Crippen LogP contribution in [0.2, 0.25) is 0 Å². The van der Waals surface area contributed by atoms with Gasteiger partial charge in [0.25, 0.3) is 5.91 Å². The second kappa shape index (κ2) is 6.79. The summed E-state index contributed by atoms with van der Waals surface area (Å²) in [5, 5.41) is 11.9. The van der Waals surface area contributed by atoms with Crippen molar-refractivity contribution in [3.05, 3.63) is 46.2 Å². The Morgan fingerprint density at radius 1 is 1.33 bits per heavy atom. The van der Waals surface area contributed by atoms with Crippen molar-refractivity contribution in [1.29, 1.82) is 0 Å². The molecule has 0 aliphatic carbocycles. The smallest absolute Gasteiger partial charge is 0.259 e. The molecule has 1 unspecified atom stereocenters. The van der Waals surface area contributed by atoms with Gasteiger partial charge in [-0.15, -0.1) is 0 Å². The molecule has 1 aliphatic rings. The predicted molar refractivity (Wildman–Crippen MR) is 103 cm³/mol. The van der Waals surface area contributed by atoms with Gasteiger partial charge in [0.15, 0.2) is 5.65 Å². The summed E-state index contributed by atoms with van der Waals surface area (Å²) in [6.45, 7) is 9.44. The van der Waals surface area contributed by atoms with Crippen LogP contribution in [0.3, 0.4) is 0 Å². The summed E-state index contributed by atoms with van der Waals surface area (Å²) in [7, 11) is 0. The summed E-state index contributed by atoms with van der Waals surface area (Å²) in [4.78, 5) is 20.0. The summed E-state index contributed by atoms with van der Waals surface area (Å²) in [5.41, 5.74) is 6.33. The summed E-state index contributed by atoms with van der Waals surface area (Å²) in [5.74, 6) is 0.334. The van der Waals surface area contributed by atoms with Crippen molar-refractivity contribution in [2.45, 2.75) is 52.9 Å². The Kier molecular flexibility index (Phi) is 4.45. The summed E-state index contributed by atoms with van der Waals surface area (Å²) in [6, 6.07) is 1.98. The quantitative estimate of drug-likeness (QED) is 0.773. The van der Waals surface area contributed by atoms with Gasteiger partial charge < -0.3 is 4.90 Å². The lowest BCUT2D eigenvalue weighted by molar-refractivity contribution is 0.0706. The van der Waals surface area contributed by atoms with Gasteiger partial charge in [0.2, 0.25) is 0 Å². The van der Waals surface area contributed by atoms with Crippen molar-refractivity contribution >= 4 is 11.6 Å². The molecule has 1 atom stereocenters. The van der Waals surface area contributed by atoms with E-state index >= 15 is 0 Å². The second-order valence-electron chi connectivity index (χ2n) is 7.49. The van der Waals surface area contributed by atoms with Crippen LogP contribution in [0.25, 0.3) is 5.65 Å². The van der Waals surface area contributed by atoms with Gasteiger partial charge >= 0.3 is 0 Å². The Hall–Kier alpha value is -2.70. The van der Waals surface area contributed by atoms with Crippen molar-refractivity contribution in [3.63, 3.8) is 0 Å². The molecular formula is C20H26N6O. The number of piperidine rings is 1. The van der Waals surface area contributed by atoms with E-state index in [0.717, 1.165) is 42.9 Å². The van der Waals surface area contributed by atoms with Crippen LogP contribution in [-0.4, -0.2) is 48.7 Å². The SMILES string of the molecule is CCc1cn[nH]c1C1CCCN(C(=O)c2c(C)nn3c(C)cc(C)nc23)C1. The number of H-pyrrole nitrogens is 1. The average Bonchev–Trinajstić information content (AvgIpc) is 3.25. The molecule has 7 heteroatoms. The number of aryl methyl sites for hydroxylation is 4. The first-order valence-corrected chi connectivity index (χ1v) is 9.64. The fourth-order valence-electron chi connectivity index (χ4n) is 4.19. The third kappa shape index (κ3) is 3.01. The average molecular weight is 366 g/mol. The molecule has 1 amide bonds. The molecule has 0 spiro atoms. The fourth-order valence-corrected chi connectivity index (χ4v) is 4.19. The Morgan fingerprint density at radius 3 is 2.93 bits per heavy atom. The molecule has 0 radical (unpaired) electrons. The number of carbonyl (C=O) groups is 1. The zero-order valence-electron chi connectivity index (χ0n) is 16.4. The van der Waals surface area contributed by atoms with Crippen molar-refractivity contribution in [2.75, 3.05) is 13.1 Å². The highest BCUT2D eigenvalue weighted by molar-refractivity contribution is 6.01. The van der Waals surface area contributed by atoms with Gasteiger partial charge in [0.1, 0.15) is 5.56 Å². The fraction of sp³-hybridized carbons (Fsp3) is 0.500. The number of likely N-dealkylation sites (tertiary alicyclic amines) is 1. The maximum absolute atomic E-state index is 13.4. The number of rotatable bonds is 3. The van der Waals surface area contributed by atoms with E-state index in [2.05, 4.69) is 27.2 Å². The molecule has 7 nitrogen and oxygen atoms in total. The molecule has 27 heavy (non-hydrogen) atoms. The highest BCUT2D eigenvalue weighted by Crippen LogP contribution is 2.29. The number of hydrogen-bond acceptors (Lipinski definition) is 4. The topological polar surface area (TPSA) is 79.2 Å². The van der Waals surface area contributed by atoms with Crippen LogP contribution in [0, 0.1) is 20.8 Å². The monoisotopic (exact) mass is 366 g/mol. The number of nitrogens with one attached hydrogen (secondary N) is 1. The first-order valence-electron chi connectivity index (χ1n) is 9.64. The van der Waals surface area contributed by atoms with Crippen LogP contribution >= 0.6 is 0 Å². The Labute approximate surface area is 158 Å². The van der Waals surface area contributed by atoms with Crippen molar-refractivity contribution in [3.8, 4) is 0 Å². The van der Waals surface area contributed by atoms with Crippen LogP contribution in [-0.2, 0) is 6.42 Å². The van der Waals surface area contributed by atoms with E-state index in [-0.39, 0.29) is 5.91 Å². The van der Waals surface area contributed by atoms with E-state index in [9.17, 15) is 4.79 Å². The van der Waals surface area contributed by atoms with Gasteiger partial charge in [-0.3, -0.25) is 9.89 Å². The van der Waals surface area contributed by atoms with Gasteiger partial charge in [-0.25, -0.2) is 9.50 Å². The molecule has 0 saturated carbocycles. The van der Waals surface area contributed by atoms with Crippen molar-refractivity contribution < 1.29 is 4.79 Å². The van der Waals surface area contributed by atoms with E-state index in [0.29, 0.717) is 23.7 Å². The van der Waals surface area contributed by atoms with E-state index in [4.69, 9.17) is 0 Å². The number of aromatic nitrogens is 5. The minimum absolute atomic E-state index is 0.0299. The minimum Gasteiger partial charge on any atom is -0.338 e. The molecule has 142 valence electrons. The first-order chi connectivity index (χ1) is 13.0. The third-order valence-electron chi connectivity index (χ3n) is 5.53. The number of hydrogen-bond donors (Lipinski definition) is 1. The van der Waals surface area contributed by atoms with Gasteiger partial charge in [-0.2, -0.15) is 10.2 Å². The van der Waals surface area contributed by atoms with Crippen molar-refractivity contribution in [1.82, 2.24) is 29.7 Å². The van der Waals surface area contributed by atoms with E-state index in [1.165, 1.54) is 11.3 Å². The summed E-state index contributed by atoms with van der Waals surface area (Å²) < 4.78 is 1.78. The van der Waals surface area contributed by atoms with E-state index < -0.39 is 0 Å². The zero-order valence-corrected chi connectivity index (χ0v) is 16.4. The van der Waals surface area contributed by atoms with Gasteiger partial charge in [-0.1, -0.05) is 6.92 Å². The normalized spacial score (nSPS) is 17.6. The van der Waals surface area contributed by atoms with E-state index in [1.54, 1.807) is 4.52 Å². The lowest BCUT2D eigenvalue weighted by atomic mass is 9.91. The number of fused-ring (bicyclic) bond motifs is 1. The maximum Gasteiger partial charge on any atom is 0.259 e. The molecule has 3 aromatic rings. The van der Waals surface area contributed by atoms with Gasteiger partial charge in [0.05, 0.1) is 11.9 Å². The van der Waals surface area contributed by atoms with Crippen LogP contribution in [0.4, 0.5) is 0 Å². The minimum atomic E-state index is 0.0299. The molecule has 1 aliphatic heterocycles. The van der Waals surface area contributed by atoms with E-state index in [1.807, 2.05) is 37.9 Å². The van der Waals surface area contributed by atoms with Crippen LogP contribution in [0.1, 0.15) is 64.4 Å². The molecule has 1 fully saturated rings. The van der Waals surface area contributed by atoms with Crippen LogP contribution < -0.4 is 0 Å². The molecule has 0 aromatic carbocycles. The standard InChI is InChI=1S/C20H26N6O/c1-5-15-10-21-23-18(15)16-7-6-8-25(11-16)20(27)17-14(4)24-26-13(3)9-12(2)22-19(17)26/h9-10,16H,5-8,11H2,1-4H3,(H,21,23). The molecule has 3 aromatic heterocycles. The van der Waals surface area contributed by atoms with Crippen LogP contribution in [0.5, 0.6) is 0 Å².